The molecule has 0 saturated heterocycles. The van der Waals surface area contributed by atoms with Crippen LogP contribution in [-0.2, 0) is 0 Å². The van der Waals surface area contributed by atoms with Crippen LogP contribution in [-0.4, -0.2) is 4.98 Å². The second kappa shape index (κ2) is 9.72. The normalized spacial score (nSPS) is 11.9. The fourth-order valence-electron chi connectivity index (χ4n) is 7.85. The van der Waals surface area contributed by atoms with Crippen molar-refractivity contribution in [2.24, 2.45) is 0 Å². The molecule has 0 spiro atoms. The summed E-state index contributed by atoms with van der Waals surface area (Å²) in [5.41, 5.74) is 12.8. The van der Waals surface area contributed by atoms with Gasteiger partial charge in [0.15, 0.2) is 0 Å². The van der Waals surface area contributed by atoms with Crippen molar-refractivity contribution in [1.82, 2.24) is 4.98 Å². The standard InChI is InChI=1S/C45H27N/c1-3-10-28(11-4-1)41-37-21-20-31(30-18-19-34-27-46-23-22-32(34)24-30)25-39(37)42(29-12-5-2-6-13-29)44-38-17-9-16-36-35-15-8-7-14-33(35)26-40(43(36)38)45(41)44/h1-27H. The Hall–Kier alpha value is -6.05. The second-order valence-electron chi connectivity index (χ2n) is 12.3. The van der Waals surface area contributed by atoms with Crippen LogP contribution in [0.15, 0.2) is 164 Å². The SMILES string of the molecule is c1ccc(-c2c3c(c(-c4ccccc4)c4cc(-c5ccc6cnccc6c5)ccc24)-c2cccc4c2c-3cc2ccccc24)cc1. The van der Waals surface area contributed by atoms with Gasteiger partial charge < -0.3 is 0 Å². The maximum absolute atomic E-state index is 4.32. The summed E-state index contributed by atoms with van der Waals surface area (Å²) >= 11 is 0. The molecule has 9 aromatic rings. The minimum absolute atomic E-state index is 1.15. The number of aromatic nitrogens is 1. The molecule has 10 rings (SSSR count). The van der Waals surface area contributed by atoms with Crippen LogP contribution in [0.1, 0.15) is 0 Å². The molecule has 0 unspecified atom stereocenters. The zero-order valence-corrected chi connectivity index (χ0v) is 25.0. The van der Waals surface area contributed by atoms with Crippen LogP contribution < -0.4 is 0 Å². The molecule has 0 radical (unpaired) electrons. The molecule has 46 heavy (non-hydrogen) atoms. The number of rotatable bonds is 3. The zero-order valence-electron chi connectivity index (χ0n) is 25.0. The lowest BCUT2D eigenvalue weighted by molar-refractivity contribution is 1.36. The van der Waals surface area contributed by atoms with Gasteiger partial charge in [-0.25, -0.2) is 0 Å². The fraction of sp³-hybridized carbons (Fsp3) is 0. The molecule has 8 aromatic carbocycles. The molecule has 1 aliphatic rings. The molecule has 0 fully saturated rings. The summed E-state index contributed by atoms with van der Waals surface area (Å²) < 4.78 is 0. The number of hydrogen-bond donors (Lipinski definition) is 0. The molecule has 0 amide bonds. The van der Waals surface area contributed by atoms with Gasteiger partial charge in [-0.1, -0.05) is 127 Å². The van der Waals surface area contributed by atoms with E-state index in [2.05, 4.69) is 157 Å². The molecule has 1 heteroatoms. The molecule has 0 N–H and O–H groups in total. The highest BCUT2D eigenvalue weighted by molar-refractivity contribution is 6.31. The minimum Gasteiger partial charge on any atom is -0.264 e. The highest BCUT2D eigenvalue weighted by Crippen LogP contribution is 2.58. The van der Waals surface area contributed by atoms with E-state index in [9.17, 15) is 0 Å². The van der Waals surface area contributed by atoms with Gasteiger partial charge in [0.05, 0.1) is 0 Å². The van der Waals surface area contributed by atoms with E-state index in [-0.39, 0.29) is 0 Å². The second-order valence-corrected chi connectivity index (χ2v) is 12.3. The van der Waals surface area contributed by atoms with E-state index >= 15 is 0 Å². The third-order valence-corrected chi connectivity index (χ3v) is 9.83. The van der Waals surface area contributed by atoms with Crippen LogP contribution >= 0.6 is 0 Å². The van der Waals surface area contributed by atoms with Gasteiger partial charge >= 0.3 is 0 Å². The molecule has 1 heterocycles. The van der Waals surface area contributed by atoms with Gasteiger partial charge in [-0.15, -0.1) is 0 Å². The Labute approximate surface area is 267 Å². The third kappa shape index (κ3) is 3.60. The predicted octanol–water partition coefficient (Wildman–Crippen LogP) is 12.3. The van der Waals surface area contributed by atoms with Crippen molar-refractivity contribution >= 4 is 43.1 Å². The first-order valence-corrected chi connectivity index (χ1v) is 15.9. The van der Waals surface area contributed by atoms with E-state index in [0.717, 1.165) is 5.39 Å². The summed E-state index contributed by atoms with van der Waals surface area (Å²) in [6.07, 6.45) is 3.81. The largest absolute Gasteiger partial charge is 0.264 e. The Kier molecular flexibility index (Phi) is 5.35. The summed E-state index contributed by atoms with van der Waals surface area (Å²) in [5.74, 6) is 0. The van der Waals surface area contributed by atoms with E-state index < -0.39 is 0 Å². The topological polar surface area (TPSA) is 12.9 Å². The van der Waals surface area contributed by atoms with Crippen molar-refractivity contribution in [3.05, 3.63) is 164 Å². The lowest BCUT2D eigenvalue weighted by atomic mass is 9.81. The smallest absolute Gasteiger partial charge is 0.0346 e. The van der Waals surface area contributed by atoms with Crippen molar-refractivity contribution in [3.63, 3.8) is 0 Å². The average molecular weight is 582 g/mol. The van der Waals surface area contributed by atoms with Crippen molar-refractivity contribution in [3.8, 4) is 55.6 Å². The van der Waals surface area contributed by atoms with Crippen molar-refractivity contribution < 1.29 is 0 Å². The van der Waals surface area contributed by atoms with Crippen molar-refractivity contribution in [2.45, 2.75) is 0 Å². The van der Waals surface area contributed by atoms with Gasteiger partial charge in [0, 0.05) is 17.8 Å². The highest BCUT2D eigenvalue weighted by Gasteiger charge is 2.31. The van der Waals surface area contributed by atoms with Crippen molar-refractivity contribution in [2.75, 3.05) is 0 Å². The highest BCUT2D eigenvalue weighted by atomic mass is 14.6. The van der Waals surface area contributed by atoms with Crippen LogP contribution in [0.3, 0.4) is 0 Å². The van der Waals surface area contributed by atoms with Gasteiger partial charge in [-0.3, -0.25) is 4.98 Å². The van der Waals surface area contributed by atoms with E-state index in [1.54, 1.807) is 0 Å². The quantitative estimate of drug-likeness (QED) is 0.189. The van der Waals surface area contributed by atoms with Gasteiger partial charge in [0.1, 0.15) is 0 Å². The Balaban J connectivity index is 1.40. The van der Waals surface area contributed by atoms with Crippen LogP contribution in [0.25, 0.3) is 98.7 Å². The van der Waals surface area contributed by atoms with Gasteiger partial charge in [0.25, 0.3) is 0 Å². The number of benzene rings is 8. The molecule has 0 bridgehead atoms. The van der Waals surface area contributed by atoms with Gasteiger partial charge in [-0.2, -0.15) is 0 Å². The van der Waals surface area contributed by atoms with Gasteiger partial charge in [0.2, 0.25) is 0 Å². The summed E-state index contributed by atoms with van der Waals surface area (Å²) in [7, 11) is 0. The molecule has 1 aliphatic carbocycles. The molecule has 0 atom stereocenters. The first-order chi connectivity index (χ1) is 22.8. The average Bonchev–Trinajstić information content (AvgIpc) is 3.45. The third-order valence-electron chi connectivity index (χ3n) is 9.83. The zero-order chi connectivity index (χ0) is 30.2. The number of nitrogens with zero attached hydrogens (tertiary/aromatic N) is 1. The van der Waals surface area contributed by atoms with E-state index in [4.69, 9.17) is 0 Å². The van der Waals surface area contributed by atoms with E-state index in [0.29, 0.717) is 0 Å². The van der Waals surface area contributed by atoms with Crippen LogP contribution in [0, 0.1) is 0 Å². The van der Waals surface area contributed by atoms with Gasteiger partial charge in [-0.05, 0) is 118 Å². The lowest BCUT2D eigenvalue weighted by Gasteiger charge is -2.21. The lowest BCUT2D eigenvalue weighted by Crippen LogP contribution is -1.94. The maximum atomic E-state index is 4.32. The fourth-order valence-corrected chi connectivity index (χ4v) is 7.85. The monoisotopic (exact) mass is 581 g/mol. The molecule has 212 valence electrons. The maximum Gasteiger partial charge on any atom is 0.0346 e. The summed E-state index contributed by atoms with van der Waals surface area (Å²) in [4.78, 5) is 4.32. The Morgan fingerprint density at radius 3 is 1.83 bits per heavy atom. The van der Waals surface area contributed by atoms with Crippen LogP contribution in [0.2, 0.25) is 0 Å². The number of hydrogen-bond acceptors (Lipinski definition) is 1. The Morgan fingerprint density at radius 1 is 0.326 bits per heavy atom. The molecule has 1 aromatic heterocycles. The van der Waals surface area contributed by atoms with Crippen LogP contribution in [0.4, 0.5) is 0 Å². The first kappa shape index (κ1) is 25.3. The molecular weight excluding hydrogens is 555 g/mol. The predicted molar refractivity (Wildman–Crippen MR) is 195 cm³/mol. The molecule has 1 nitrogen and oxygen atoms in total. The Morgan fingerprint density at radius 2 is 1.00 bits per heavy atom. The Bertz CT molecular complexity index is 2670. The minimum atomic E-state index is 1.15. The number of fused-ring (bicyclic) bond motifs is 7. The van der Waals surface area contributed by atoms with E-state index in [1.807, 2.05) is 12.4 Å². The van der Waals surface area contributed by atoms with Crippen LogP contribution in [0.5, 0.6) is 0 Å². The first-order valence-electron chi connectivity index (χ1n) is 15.9. The molecule has 0 aliphatic heterocycles. The summed E-state index contributed by atoms with van der Waals surface area (Å²) in [6, 6.07) is 55.9. The molecular formula is C45H27N. The number of pyridine rings is 1. The molecule has 0 saturated carbocycles. The summed E-state index contributed by atoms with van der Waals surface area (Å²) in [6.45, 7) is 0. The summed E-state index contributed by atoms with van der Waals surface area (Å²) in [5, 5.41) is 10.1. The van der Waals surface area contributed by atoms with Crippen molar-refractivity contribution in [1.29, 1.82) is 0 Å². The van der Waals surface area contributed by atoms with E-state index in [1.165, 1.54) is 93.3 Å².